The van der Waals surface area contributed by atoms with Gasteiger partial charge >= 0.3 is 0 Å². The summed E-state index contributed by atoms with van der Waals surface area (Å²) in [5.41, 5.74) is 0. The van der Waals surface area contributed by atoms with E-state index in [0.717, 1.165) is 6.26 Å². The molecule has 0 aromatic carbocycles. The van der Waals surface area contributed by atoms with E-state index in [0.29, 0.717) is 5.82 Å². The predicted octanol–water partition coefficient (Wildman–Crippen LogP) is 0.842. The van der Waals surface area contributed by atoms with Gasteiger partial charge < -0.3 is 0 Å². The minimum atomic E-state index is -3.31. The molecule has 1 heterocycles. The smallest absolute Gasteiger partial charge is 0.180 e. The predicted molar refractivity (Wildman–Crippen MR) is 44.9 cm³/mol. The Kier molecular flexibility index (Phi) is 2.34. The molecule has 0 bridgehead atoms. The molecule has 4 nitrogen and oxygen atoms in total. The third-order valence-corrected chi connectivity index (χ3v) is 2.73. The molecule has 0 saturated heterocycles. The van der Waals surface area contributed by atoms with Crippen LogP contribution in [0.2, 0.25) is 5.15 Å². The number of hydrogen-bond donors (Lipinski definition) is 0. The summed E-state index contributed by atoms with van der Waals surface area (Å²) in [6, 6.07) is 0. The maximum atomic E-state index is 11.0. The maximum absolute atomic E-state index is 11.0. The first-order valence-electron chi connectivity index (χ1n) is 3.10. The van der Waals surface area contributed by atoms with Gasteiger partial charge in [0.25, 0.3) is 0 Å². The van der Waals surface area contributed by atoms with Gasteiger partial charge in [-0.3, -0.25) is 0 Å². The Morgan fingerprint density at radius 3 is 2.50 bits per heavy atom. The number of aromatic nitrogens is 2. The van der Waals surface area contributed by atoms with Crippen LogP contribution < -0.4 is 0 Å². The number of hydrogen-bond acceptors (Lipinski definition) is 4. The van der Waals surface area contributed by atoms with Crippen molar-refractivity contribution in [3.8, 4) is 0 Å². The largest absolute Gasteiger partial charge is 0.240 e. The van der Waals surface area contributed by atoms with Crippen LogP contribution in [-0.2, 0) is 9.84 Å². The summed E-state index contributed by atoms with van der Waals surface area (Å²) >= 11 is 5.58. The molecule has 1 aromatic heterocycles. The van der Waals surface area contributed by atoms with Crippen LogP contribution in [0, 0.1) is 6.92 Å². The highest BCUT2D eigenvalue weighted by Gasteiger charge is 2.13. The topological polar surface area (TPSA) is 59.9 Å². The van der Waals surface area contributed by atoms with Gasteiger partial charge in [-0.15, -0.1) is 0 Å². The molecule has 1 aromatic rings. The van der Waals surface area contributed by atoms with Gasteiger partial charge in [0.1, 0.15) is 10.7 Å². The molecule has 0 aliphatic rings. The minimum Gasteiger partial charge on any atom is -0.240 e. The number of rotatable bonds is 1. The van der Waals surface area contributed by atoms with Crippen molar-refractivity contribution in [3.05, 3.63) is 17.2 Å². The maximum Gasteiger partial charge on any atom is 0.180 e. The number of halogens is 1. The highest BCUT2D eigenvalue weighted by atomic mass is 35.5. The third kappa shape index (κ3) is 1.92. The number of nitrogens with zero attached hydrogens (tertiary/aromatic N) is 2. The van der Waals surface area contributed by atoms with E-state index in [1.165, 1.54) is 6.20 Å². The van der Waals surface area contributed by atoms with Crippen LogP contribution in [0.5, 0.6) is 0 Å². The van der Waals surface area contributed by atoms with Crippen molar-refractivity contribution in [2.45, 2.75) is 11.8 Å². The molecule has 0 saturated carbocycles. The average Bonchev–Trinajstić information content (AvgIpc) is 1.83. The van der Waals surface area contributed by atoms with Crippen molar-refractivity contribution in [1.29, 1.82) is 0 Å². The van der Waals surface area contributed by atoms with E-state index in [1.54, 1.807) is 6.92 Å². The SMILES string of the molecule is Cc1ncc(S(C)(=O)=O)c(Cl)n1. The molecule has 6 heteroatoms. The van der Waals surface area contributed by atoms with Crippen LogP contribution in [0.25, 0.3) is 0 Å². The molecule has 0 fully saturated rings. The van der Waals surface area contributed by atoms with Gasteiger partial charge in [-0.25, -0.2) is 18.4 Å². The van der Waals surface area contributed by atoms with E-state index >= 15 is 0 Å². The second-order valence-corrected chi connectivity index (χ2v) is 4.69. The molecule has 0 atom stereocenters. The Hall–Kier alpha value is -0.680. The zero-order chi connectivity index (χ0) is 9.35. The molecule has 66 valence electrons. The monoisotopic (exact) mass is 206 g/mol. The van der Waals surface area contributed by atoms with Gasteiger partial charge in [0.15, 0.2) is 15.0 Å². The molecule has 1 rings (SSSR count). The first-order chi connectivity index (χ1) is 5.41. The van der Waals surface area contributed by atoms with Gasteiger partial charge in [0.05, 0.1) is 6.20 Å². The van der Waals surface area contributed by atoms with Crippen LogP contribution in [-0.4, -0.2) is 24.6 Å². The van der Waals surface area contributed by atoms with Gasteiger partial charge in [-0.1, -0.05) is 11.6 Å². The Bertz CT molecular complexity index is 402. The first-order valence-corrected chi connectivity index (χ1v) is 5.37. The fraction of sp³-hybridized carbons (Fsp3) is 0.333. The van der Waals surface area contributed by atoms with Crippen LogP contribution in [0.1, 0.15) is 5.82 Å². The summed E-state index contributed by atoms with van der Waals surface area (Å²) in [7, 11) is -3.31. The van der Waals surface area contributed by atoms with Gasteiger partial charge in [0, 0.05) is 6.26 Å². The Labute approximate surface area is 75.5 Å². The summed E-state index contributed by atoms with van der Waals surface area (Å²) in [6.07, 6.45) is 2.27. The molecular formula is C6H7ClN2O2S. The molecule has 0 spiro atoms. The average molecular weight is 207 g/mol. The van der Waals surface area contributed by atoms with Crippen LogP contribution in [0.4, 0.5) is 0 Å². The van der Waals surface area contributed by atoms with Gasteiger partial charge in [-0.05, 0) is 6.92 Å². The lowest BCUT2D eigenvalue weighted by Crippen LogP contribution is -2.01. The van der Waals surface area contributed by atoms with Crippen LogP contribution >= 0.6 is 11.6 Å². The Balaban J connectivity index is 3.39. The fourth-order valence-electron chi connectivity index (χ4n) is 0.680. The standard InChI is InChI=1S/C6H7ClN2O2S/c1-4-8-3-5(6(7)9-4)12(2,10)11/h3H,1-2H3. The van der Waals surface area contributed by atoms with Gasteiger partial charge in [-0.2, -0.15) is 0 Å². The molecule has 0 aliphatic heterocycles. The normalized spacial score (nSPS) is 11.6. The highest BCUT2D eigenvalue weighted by molar-refractivity contribution is 7.90. The molecule has 0 N–H and O–H groups in total. The molecule has 0 amide bonds. The zero-order valence-electron chi connectivity index (χ0n) is 6.57. The van der Waals surface area contributed by atoms with Gasteiger partial charge in [0.2, 0.25) is 0 Å². The highest BCUT2D eigenvalue weighted by Crippen LogP contribution is 2.16. The van der Waals surface area contributed by atoms with Crippen molar-refractivity contribution in [2.24, 2.45) is 0 Å². The molecular weight excluding hydrogens is 200 g/mol. The zero-order valence-corrected chi connectivity index (χ0v) is 8.15. The van der Waals surface area contributed by atoms with E-state index in [4.69, 9.17) is 11.6 Å². The second kappa shape index (κ2) is 2.99. The minimum absolute atomic E-state index is 0.0231. The quantitative estimate of drug-likeness (QED) is 0.639. The van der Waals surface area contributed by atoms with Crippen molar-refractivity contribution in [2.75, 3.05) is 6.26 Å². The summed E-state index contributed by atoms with van der Waals surface area (Å²) in [5, 5.41) is -0.0231. The van der Waals surface area contributed by atoms with Crippen LogP contribution in [0.3, 0.4) is 0 Å². The number of sulfone groups is 1. The van der Waals surface area contributed by atoms with E-state index in [9.17, 15) is 8.42 Å². The van der Waals surface area contributed by atoms with E-state index in [-0.39, 0.29) is 10.0 Å². The first kappa shape index (κ1) is 9.41. The second-order valence-electron chi connectivity index (χ2n) is 2.34. The summed E-state index contributed by atoms with van der Waals surface area (Å²) < 4.78 is 22.0. The van der Waals surface area contributed by atoms with Crippen molar-refractivity contribution in [1.82, 2.24) is 9.97 Å². The third-order valence-electron chi connectivity index (χ3n) is 1.23. The number of aryl methyl sites for hydroxylation is 1. The van der Waals surface area contributed by atoms with Crippen molar-refractivity contribution >= 4 is 21.4 Å². The Morgan fingerprint density at radius 2 is 2.08 bits per heavy atom. The van der Waals surface area contributed by atoms with Crippen molar-refractivity contribution < 1.29 is 8.42 Å². The molecule has 12 heavy (non-hydrogen) atoms. The lowest BCUT2D eigenvalue weighted by atomic mass is 10.6. The molecule has 0 unspecified atom stereocenters. The van der Waals surface area contributed by atoms with E-state index in [2.05, 4.69) is 9.97 Å². The summed E-state index contributed by atoms with van der Waals surface area (Å²) in [5.74, 6) is 0.451. The van der Waals surface area contributed by atoms with Crippen molar-refractivity contribution in [3.63, 3.8) is 0 Å². The Morgan fingerprint density at radius 1 is 1.50 bits per heavy atom. The van der Waals surface area contributed by atoms with E-state index in [1.807, 2.05) is 0 Å². The van der Waals surface area contributed by atoms with Crippen LogP contribution in [0.15, 0.2) is 11.1 Å². The lowest BCUT2D eigenvalue weighted by Gasteiger charge is -1.99. The fourth-order valence-corrected chi connectivity index (χ4v) is 1.87. The summed E-state index contributed by atoms with van der Waals surface area (Å²) in [6.45, 7) is 1.64. The van der Waals surface area contributed by atoms with E-state index < -0.39 is 9.84 Å². The lowest BCUT2D eigenvalue weighted by molar-refractivity contribution is 0.601. The summed E-state index contributed by atoms with van der Waals surface area (Å²) in [4.78, 5) is 7.41. The molecule has 0 aliphatic carbocycles. The molecule has 0 radical (unpaired) electrons.